The lowest BCUT2D eigenvalue weighted by Gasteiger charge is -2.09. The molecule has 2 heterocycles. The first-order valence-corrected chi connectivity index (χ1v) is 8.05. The molecule has 0 atom stereocenters. The van der Waals surface area contributed by atoms with Gasteiger partial charge in [0.2, 0.25) is 0 Å². The number of ether oxygens (including phenoxy) is 1. The molecule has 0 saturated carbocycles. The molecule has 124 valence electrons. The van der Waals surface area contributed by atoms with Gasteiger partial charge in [-0.2, -0.15) is 0 Å². The summed E-state index contributed by atoms with van der Waals surface area (Å²) in [5.41, 5.74) is 1.94. The minimum Gasteiger partial charge on any atom is -0.422 e. The highest BCUT2D eigenvalue weighted by Crippen LogP contribution is 2.32. The van der Waals surface area contributed by atoms with E-state index in [1.54, 1.807) is 32.0 Å². The van der Waals surface area contributed by atoms with E-state index in [2.05, 4.69) is 10.1 Å². The third-order valence-corrected chi connectivity index (χ3v) is 4.33. The van der Waals surface area contributed by atoms with Crippen LogP contribution in [0, 0.1) is 13.8 Å². The Kier molecular flexibility index (Phi) is 3.66. The number of hydrogen-bond donors (Lipinski definition) is 0. The number of carbonyl (C=O) groups excluding carboxylic acids is 1. The lowest BCUT2D eigenvalue weighted by molar-refractivity contribution is 0.0739. The van der Waals surface area contributed by atoms with Crippen LogP contribution in [0.2, 0.25) is 5.02 Å². The summed E-state index contributed by atoms with van der Waals surface area (Å²) < 4.78 is 10.8. The van der Waals surface area contributed by atoms with Gasteiger partial charge in [0.15, 0.2) is 0 Å². The van der Waals surface area contributed by atoms with Crippen LogP contribution < -0.4 is 4.74 Å². The van der Waals surface area contributed by atoms with E-state index in [0.717, 1.165) is 10.8 Å². The summed E-state index contributed by atoms with van der Waals surface area (Å²) in [5.74, 6) is -0.0454. The first-order chi connectivity index (χ1) is 12.0. The number of hydrogen-bond acceptors (Lipinski definition) is 5. The largest absolute Gasteiger partial charge is 0.422 e. The summed E-state index contributed by atoms with van der Waals surface area (Å²) >= 11 is 6.22. The molecule has 0 aliphatic rings. The van der Waals surface area contributed by atoms with Crippen LogP contribution in [0.4, 0.5) is 0 Å². The van der Waals surface area contributed by atoms with E-state index in [1.165, 1.54) is 0 Å². The summed E-state index contributed by atoms with van der Waals surface area (Å²) in [6.07, 6.45) is 0. The van der Waals surface area contributed by atoms with E-state index >= 15 is 0 Å². The molecule has 2 aromatic heterocycles. The lowest BCUT2D eigenvalue weighted by Crippen LogP contribution is -2.10. The molecule has 4 aromatic rings. The third-order valence-electron chi connectivity index (χ3n) is 4.00. The molecule has 6 heteroatoms. The molecule has 0 bridgehead atoms. The fraction of sp³-hybridized carbons (Fsp3) is 0.105. The van der Waals surface area contributed by atoms with E-state index < -0.39 is 5.97 Å². The van der Waals surface area contributed by atoms with Crippen molar-refractivity contribution < 1.29 is 14.1 Å². The van der Waals surface area contributed by atoms with Crippen molar-refractivity contribution in [3.8, 4) is 5.75 Å². The average Bonchev–Trinajstić information content (AvgIpc) is 2.97. The SMILES string of the molecule is Cc1cc(C(=O)Oc2ccc(Cl)c3ccccc23)c2c(C)noc2n1. The smallest absolute Gasteiger partial charge is 0.344 e. The fourth-order valence-corrected chi connectivity index (χ4v) is 3.08. The van der Waals surface area contributed by atoms with Crippen LogP contribution in [0.15, 0.2) is 47.0 Å². The van der Waals surface area contributed by atoms with Crippen molar-refractivity contribution in [2.75, 3.05) is 0 Å². The van der Waals surface area contributed by atoms with Crippen LogP contribution in [0.5, 0.6) is 5.75 Å². The van der Waals surface area contributed by atoms with Gasteiger partial charge < -0.3 is 9.26 Å². The summed E-state index contributed by atoms with van der Waals surface area (Å²) in [6.45, 7) is 3.54. The number of pyridine rings is 1. The van der Waals surface area contributed by atoms with Crippen LogP contribution in [0.3, 0.4) is 0 Å². The van der Waals surface area contributed by atoms with Crippen molar-refractivity contribution in [3.05, 3.63) is 64.4 Å². The Labute approximate surface area is 148 Å². The minimum absolute atomic E-state index is 0.324. The average molecular weight is 353 g/mol. The zero-order valence-corrected chi connectivity index (χ0v) is 14.3. The highest BCUT2D eigenvalue weighted by atomic mass is 35.5. The summed E-state index contributed by atoms with van der Waals surface area (Å²) in [5, 5.41) is 6.65. The molecule has 0 radical (unpaired) electrons. The maximum absolute atomic E-state index is 12.8. The Hall–Kier alpha value is -2.92. The van der Waals surface area contributed by atoms with Gasteiger partial charge in [-0.05, 0) is 32.0 Å². The van der Waals surface area contributed by atoms with E-state index in [0.29, 0.717) is 38.8 Å². The maximum atomic E-state index is 12.8. The van der Waals surface area contributed by atoms with Crippen molar-refractivity contribution in [1.29, 1.82) is 0 Å². The Bertz CT molecular complexity index is 1130. The molecule has 0 unspecified atom stereocenters. The van der Waals surface area contributed by atoms with E-state index in [-0.39, 0.29) is 0 Å². The van der Waals surface area contributed by atoms with E-state index in [1.807, 2.05) is 24.3 Å². The predicted octanol–water partition coefficient (Wildman–Crippen LogP) is 4.87. The van der Waals surface area contributed by atoms with Crippen LogP contribution in [-0.2, 0) is 0 Å². The van der Waals surface area contributed by atoms with Crippen LogP contribution in [-0.4, -0.2) is 16.1 Å². The van der Waals surface area contributed by atoms with Gasteiger partial charge in [0.05, 0.1) is 16.6 Å². The van der Waals surface area contributed by atoms with Gasteiger partial charge >= 0.3 is 5.97 Å². The van der Waals surface area contributed by atoms with Crippen molar-refractivity contribution in [3.63, 3.8) is 0 Å². The second kappa shape index (κ2) is 5.86. The molecular weight excluding hydrogens is 340 g/mol. The van der Waals surface area contributed by atoms with Gasteiger partial charge in [-0.1, -0.05) is 41.0 Å². The second-order valence-corrected chi connectivity index (χ2v) is 6.15. The van der Waals surface area contributed by atoms with Crippen LogP contribution in [0.25, 0.3) is 21.9 Å². The number of fused-ring (bicyclic) bond motifs is 2. The van der Waals surface area contributed by atoms with Crippen molar-refractivity contribution >= 4 is 39.4 Å². The molecule has 0 saturated heterocycles. The molecule has 4 rings (SSSR count). The van der Waals surface area contributed by atoms with Gasteiger partial charge in [-0.25, -0.2) is 9.78 Å². The summed E-state index contributed by atoms with van der Waals surface area (Å²) in [7, 11) is 0. The lowest BCUT2D eigenvalue weighted by atomic mass is 10.1. The van der Waals surface area contributed by atoms with E-state index in [4.69, 9.17) is 20.9 Å². The summed E-state index contributed by atoms with van der Waals surface area (Å²) in [4.78, 5) is 17.1. The van der Waals surface area contributed by atoms with Crippen molar-refractivity contribution in [2.45, 2.75) is 13.8 Å². The number of carbonyl (C=O) groups is 1. The highest BCUT2D eigenvalue weighted by Gasteiger charge is 2.20. The number of nitrogens with zero attached hydrogens (tertiary/aromatic N) is 2. The molecule has 0 spiro atoms. The number of esters is 1. The number of benzene rings is 2. The first-order valence-electron chi connectivity index (χ1n) is 7.67. The molecule has 25 heavy (non-hydrogen) atoms. The zero-order chi connectivity index (χ0) is 17.6. The Morgan fingerprint density at radius 3 is 2.68 bits per heavy atom. The molecule has 0 N–H and O–H groups in total. The topological polar surface area (TPSA) is 65.2 Å². The number of aryl methyl sites for hydroxylation is 2. The Morgan fingerprint density at radius 2 is 1.88 bits per heavy atom. The second-order valence-electron chi connectivity index (χ2n) is 5.74. The molecule has 0 aliphatic heterocycles. The maximum Gasteiger partial charge on any atom is 0.344 e. The summed E-state index contributed by atoms with van der Waals surface area (Å²) in [6, 6.07) is 12.6. The monoisotopic (exact) mass is 352 g/mol. The zero-order valence-electron chi connectivity index (χ0n) is 13.5. The first kappa shape index (κ1) is 15.6. The van der Waals surface area contributed by atoms with Gasteiger partial charge in [0.25, 0.3) is 5.71 Å². The predicted molar refractivity (Wildman–Crippen MR) is 95.2 cm³/mol. The number of halogens is 1. The van der Waals surface area contributed by atoms with Gasteiger partial charge in [-0.3, -0.25) is 0 Å². The Morgan fingerprint density at radius 1 is 1.12 bits per heavy atom. The molecule has 5 nitrogen and oxygen atoms in total. The van der Waals surface area contributed by atoms with Crippen LogP contribution in [0.1, 0.15) is 21.7 Å². The molecular formula is C19H13ClN2O3. The van der Waals surface area contributed by atoms with Gasteiger partial charge in [0.1, 0.15) is 5.75 Å². The standard InChI is InChI=1S/C19H13ClN2O3/c1-10-9-14(17-11(2)22-25-18(17)21-10)19(23)24-16-8-7-15(20)12-5-3-4-6-13(12)16/h3-9H,1-2H3. The highest BCUT2D eigenvalue weighted by molar-refractivity contribution is 6.35. The normalized spacial score (nSPS) is 11.2. The molecule has 0 amide bonds. The number of rotatable bonds is 2. The van der Waals surface area contributed by atoms with Gasteiger partial charge in [0, 0.05) is 21.5 Å². The van der Waals surface area contributed by atoms with E-state index in [9.17, 15) is 4.79 Å². The van der Waals surface area contributed by atoms with Crippen molar-refractivity contribution in [1.82, 2.24) is 10.1 Å². The van der Waals surface area contributed by atoms with Crippen LogP contribution >= 0.6 is 11.6 Å². The minimum atomic E-state index is -0.491. The number of aromatic nitrogens is 2. The molecule has 2 aromatic carbocycles. The fourth-order valence-electron chi connectivity index (χ4n) is 2.86. The third kappa shape index (κ3) is 2.62. The Balaban J connectivity index is 1.82. The van der Waals surface area contributed by atoms with Crippen molar-refractivity contribution in [2.24, 2.45) is 0 Å². The van der Waals surface area contributed by atoms with Gasteiger partial charge in [-0.15, -0.1) is 0 Å². The molecule has 0 aliphatic carbocycles. The molecule has 0 fully saturated rings. The quantitative estimate of drug-likeness (QED) is 0.380.